The molecule has 22 heavy (non-hydrogen) atoms. The fourth-order valence-corrected chi connectivity index (χ4v) is 3.94. The molecule has 5 rings (SSSR count). The summed E-state index contributed by atoms with van der Waals surface area (Å²) in [6, 6.07) is 24.5. The Kier molecular flexibility index (Phi) is 2.39. The van der Waals surface area contributed by atoms with Gasteiger partial charge in [0.15, 0.2) is 18.4 Å². The summed E-state index contributed by atoms with van der Waals surface area (Å²) in [6.45, 7) is 0. The van der Waals surface area contributed by atoms with Crippen LogP contribution in [0, 0.1) is 0 Å². The van der Waals surface area contributed by atoms with E-state index in [1.54, 1.807) is 0 Å². The Balaban J connectivity index is 1.92. The zero-order valence-corrected chi connectivity index (χ0v) is 12.2. The molecule has 0 radical (unpaired) electrons. The van der Waals surface area contributed by atoms with Crippen molar-refractivity contribution in [2.24, 2.45) is 0 Å². The van der Waals surface area contributed by atoms with Gasteiger partial charge in [-0.2, -0.15) is 4.57 Å². The lowest BCUT2D eigenvalue weighted by molar-refractivity contribution is -0.712. The fraction of sp³-hybridized carbons (Fsp3) is 0.0952. The molecule has 0 spiro atoms. The molecule has 1 aliphatic rings. The van der Waals surface area contributed by atoms with E-state index in [1.165, 1.54) is 32.7 Å². The van der Waals surface area contributed by atoms with Gasteiger partial charge in [-0.15, -0.1) is 0 Å². The van der Waals surface area contributed by atoms with Gasteiger partial charge in [-0.1, -0.05) is 48.5 Å². The number of fused-ring (bicyclic) bond motifs is 2. The van der Waals surface area contributed by atoms with Crippen LogP contribution in [0.25, 0.3) is 21.5 Å². The Morgan fingerprint density at radius 3 is 2.50 bits per heavy atom. The van der Waals surface area contributed by atoms with Gasteiger partial charge >= 0.3 is 0 Å². The third-order valence-electron chi connectivity index (χ3n) is 4.86. The summed E-state index contributed by atoms with van der Waals surface area (Å²) in [5, 5.41) is 5.56. The Morgan fingerprint density at radius 1 is 0.773 bits per heavy atom. The lowest BCUT2D eigenvalue weighted by Crippen LogP contribution is -2.39. The van der Waals surface area contributed by atoms with E-state index in [9.17, 15) is 0 Å². The van der Waals surface area contributed by atoms with Gasteiger partial charge in [-0.25, -0.2) is 0 Å². The van der Waals surface area contributed by atoms with Gasteiger partial charge in [-0.3, -0.25) is 0 Å². The minimum atomic E-state index is 0.396. The second-order valence-corrected chi connectivity index (χ2v) is 6.07. The van der Waals surface area contributed by atoms with Crippen molar-refractivity contribution in [3.8, 4) is 0 Å². The van der Waals surface area contributed by atoms with E-state index in [-0.39, 0.29) is 0 Å². The van der Waals surface area contributed by atoms with Crippen LogP contribution in [0.2, 0.25) is 0 Å². The molecule has 0 fully saturated rings. The minimum absolute atomic E-state index is 0.396. The van der Waals surface area contributed by atoms with E-state index in [2.05, 4.69) is 83.7 Å². The number of nitrogens with zero attached hydrogens (tertiary/aromatic N) is 1. The van der Waals surface area contributed by atoms with Gasteiger partial charge in [0.2, 0.25) is 0 Å². The van der Waals surface area contributed by atoms with Crippen molar-refractivity contribution in [3.05, 3.63) is 90.3 Å². The van der Waals surface area contributed by atoms with E-state index < -0.39 is 0 Å². The van der Waals surface area contributed by atoms with Crippen LogP contribution < -0.4 is 4.57 Å². The predicted octanol–water partition coefficient (Wildman–Crippen LogP) is 4.43. The molecule has 0 saturated heterocycles. The summed E-state index contributed by atoms with van der Waals surface area (Å²) in [7, 11) is 0. The zero-order valence-electron chi connectivity index (χ0n) is 12.2. The normalized spacial score (nSPS) is 16.5. The van der Waals surface area contributed by atoms with Gasteiger partial charge in [0.05, 0.1) is 0 Å². The fourth-order valence-electron chi connectivity index (χ4n) is 3.94. The Morgan fingerprint density at radius 2 is 1.59 bits per heavy atom. The first-order valence-corrected chi connectivity index (χ1v) is 7.81. The highest BCUT2D eigenvalue weighted by molar-refractivity contribution is 6.05. The standard InChI is InChI=1S/C21H16N/c1-4-11-22(12-5-1)19-14-17-9-6-8-16-13-15-7-2-3-10-18(15)21(19)20(16)17/h1-13,19H,14H2/q+1. The molecular weight excluding hydrogens is 266 g/mol. The monoisotopic (exact) mass is 282 g/mol. The maximum atomic E-state index is 2.35. The highest BCUT2D eigenvalue weighted by Crippen LogP contribution is 2.41. The van der Waals surface area contributed by atoms with Crippen LogP contribution in [0.15, 0.2) is 79.1 Å². The van der Waals surface area contributed by atoms with Crippen molar-refractivity contribution < 1.29 is 4.57 Å². The number of aromatic nitrogens is 1. The maximum Gasteiger partial charge on any atom is 0.188 e. The predicted molar refractivity (Wildman–Crippen MR) is 89.9 cm³/mol. The molecule has 104 valence electrons. The van der Waals surface area contributed by atoms with Crippen LogP contribution in [0.4, 0.5) is 0 Å². The quantitative estimate of drug-likeness (QED) is 0.359. The molecule has 1 nitrogen and oxygen atoms in total. The Labute approximate surface area is 129 Å². The van der Waals surface area contributed by atoms with Crippen LogP contribution in [0.5, 0.6) is 0 Å². The SMILES string of the molecule is c1cc[n+](C2Cc3cccc4cc5ccccc5c2c34)cc1. The van der Waals surface area contributed by atoms with E-state index in [1.807, 2.05) is 0 Å². The lowest BCUT2D eigenvalue weighted by atomic mass is 9.96. The van der Waals surface area contributed by atoms with Gasteiger partial charge in [0.1, 0.15) is 0 Å². The first kappa shape index (κ1) is 11.9. The molecule has 0 N–H and O–H groups in total. The van der Waals surface area contributed by atoms with Crippen molar-refractivity contribution in [2.75, 3.05) is 0 Å². The number of pyridine rings is 1. The number of hydrogen-bond acceptors (Lipinski definition) is 0. The van der Waals surface area contributed by atoms with E-state index in [4.69, 9.17) is 0 Å². The first-order chi connectivity index (χ1) is 10.9. The molecule has 1 unspecified atom stereocenters. The smallest absolute Gasteiger partial charge is 0.188 e. The molecule has 4 aromatic rings. The highest BCUT2D eigenvalue weighted by atomic mass is 15.0. The van der Waals surface area contributed by atoms with Gasteiger partial charge in [0, 0.05) is 24.1 Å². The van der Waals surface area contributed by atoms with Crippen molar-refractivity contribution in [2.45, 2.75) is 12.5 Å². The summed E-state index contributed by atoms with van der Waals surface area (Å²) in [4.78, 5) is 0. The molecule has 1 heterocycles. The van der Waals surface area contributed by atoms with Crippen LogP contribution in [-0.2, 0) is 6.42 Å². The topological polar surface area (TPSA) is 3.88 Å². The minimum Gasteiger partial charge on any atom is -0.198 e. The van der Waals surface area contributed by atoms with E-state index >= 15 is 0 Å². The largest absolute Gasteiger partial charge is 0.198 e. The number of hydrogen-bond donors (Lipinski definition) is 0. The third kappa shape index (κ3) is 1.57. The molecule has 0 bridgehead atoms. The average molecular weight is 282 g/mol. The van der Waals surface area contributed by atoms with Crippen molar-refractivity contribution in [1.29, 1.82) is 0 Å². The van der Waals surface area contributed by atoms with Crippen LogP contribution in [0.3, 0.4) is 0 Å². The summed E-state index contributed by atoms with van der Waals surface area (Å²) in [6.07, 6.45) is 5.45. The van der Waals surface area contributed by atoms with Crippen molar-refractivity contribution in [3.63, 3.8) is 0 Å². The van der Waals surface area contributed by atoms with Crippen molar-refractivity contribution >= 4 is 21.5 Å². The van der Waals surface area contributed by atoms with Gasteiger partial charge in [-0.05, 0) is 33.2 Å². The summed E-state index contributed by atoms with van der Waals surface area (Å²) < 4.78 is 2.35. The van der Waals surface area contributed by atoms with Crippen LogP contribution in [-0.4, -0.2) is 0 Å². The third-order valence-corrected chi connectivity index (χ3v) is 4.86. The number of rotatable bonds is 1. The van der Waals surface area contributed by atoms with Crippen LogP contribution in [0.1, 0.15) is 17.2 Å². The lowest BCUT2D eigenvalue weighted by Gasteiger charge is -2.11. The molecule has 0 saturated carbocycles. The second-order valence-electron chi connectivity index (χ2n) is 6.07. The molecule has 0 aliphatic heterocycles. The van der Waals surface area contributed by atoms with E-state index in [0.29, 0.717) is 6.04 Å². The number of benzene rings is 3. The maximum absolute atomic E-state index is 2.35. The summed E-state index contributed by atoms with van der Waals surface area (Å²) in [5.41, 5.74) is 2.96. The molecule has 3 aromatic carbocycles. The highest BCUT2D eigenvalue weighted by Gasteiger charge is 2.32. The first-order valence-electron chi connectivity index (χ1n) is 7.81. The molecule has 0 amide bonds. The Hall–Kier alpha value is -2.67. The molecule has 1 heteroatoms. The van der Waals surface area contributed by atoms with E-state index in [0.717, 1.165) is 6.42 Å². The van der Waals surface area contributed by atoms with Crippen LogP contribution >= 0.6 is 0 Å². The molecule has 1 atom stereocenters. The molecule has 1 aliphatic carbocycles. The van der Waals surface area contributed by atoms with Crippen molar-refractivity contribution in [1.82, 2.24) is 0 Å². The Bertz CT molecular complexity index is 1000. The summed E-state index contributed by atoms with van der Waals surface area (Å²) >= 11 is 0. The summed E-state index contributed by atoms with van der Waals surface area (Å²) in [5.74, 6) is 0. The van der Waals surface area contributed by atoms with Gasteiger partial charge < -0.3 is 0 Å². The average Bonchev–Trinajstić information content (AvgIpc) is 2.97. The zero-order chi connectivity index (χ0) is 14.5. The molecule has 1 aromatic heterocycles. The molecular formula is C21H16N+. The van der Waals surface area contributed by atoms with Gasteiger partial charge in [0.25, 0.3) is 0 Å². The second kappa shape index (κ2) is 4.41.